The molecule has 2 atom stereocenters. The Labute approximate surface area is 197 Å². The van der Waals surface area contributed by atoms with Gasteiger partial charge in [-0.3, -0.25) is 4.79 Å². The highest BCUT2D eigenvalue weighted by Crippen LogP contribution is 2.29. The van der Waals surface area contributed by atoms with E-state index in [1.165, 1.54) is 11.1 Å². The molecule has 0 heterocycles. The average molecular weight is 440 g/mol. The quantitative estimate of drug-likeness (QED) is 0.382. The minimum absolute atomic E-state index is 0.0332. The molecule has 0 aliphatic heterocycles. The van der Waals surface area contributed by atoms with Gasteiger partial charge in [-0.2, -0.15) is 5.26 Å². The maximum absolute atomic E-state index is 12.7. The molecular formula is C29H33N3O. The van der Waals surface area contributed by atoms with Crippen LogP contribution in [0.2, 0.25) is 0 Å². The van der Waals surface area contributed by atoms with Crippen molar-refractivity contribution in [3.05, 3.63) is 95.6 Å². The topological polar surface area (TPSA) is 64.9 Å². The number of nitrogens with one attached hydrogen (secondary N) is 2. The van der Waals surface area contributed by atoms with E-state index in [4.69, 9.17) is 5.26 Å². The van der Waals surface area contributed by atoms with E-state index in [9.17, 15) is 4.79 Å². The molecule has 4 nitrogen and oxygen atoms in total. The third kappa shape index (κ3) is 7.03. The zero-order chi connectivity index (χ0) is 23.6. The summed E-state index contributed by atoms with van der Waals surface area (Å²) in [6, 6.07) is 29.5. The second kappa shape index (κ2) is 12.0. The van der Waals surface area contributed by atoms with Gasteiger partial charge in [0.15, 0.2) is 0 Å². The van der Waals surface area contributed by atoms with Crippen molar-refractivity contribution in [1.29, 1.82) is 5.26 Å². The first-order valence-corrected chi connectivity index (χ1v) is 11.6. The Kier molecular flexibility index (Phi) is 8.80. The van der Waals surface area contributed by atoms with Gasteiger partial charge in [0.2, 0.25) is 5.91 Å². The van der Waals surface area contributed by atoms with E-state index in [2.05, 4.69) is 92.1 Å². The predicted octanol–water partition coefficient (Wildman–Crippen LogP) is 5.97. The molecule has 0 aromatic heterocycles. The standard InChI is InChI=1S/C29H33N3O/c1-21(2)18-28(29(33)31-17-16-30)27-11-7-10-26(19-27)25-14-12-23(13-15-25)20-32-22(3)24-8-5-4-6-9-24/h4-15,19,21-22,28,32H,17-18,20H2,1-3H3,(H,31,33)/t22?,28-/m1/s1. The summed E-state index contributed by atoms with van der Waals surface area (Å²) < 4.78 is 0. The molecule has 1 unspecified atom stereocenters. The van der Waals surface area contributed by atoms with Gasteiger partial charge in [-0.15, -0.1) is 0 Å². The first-order chi connectivity index (χ1) is 16.0. The molecule has 0 saturated carbocycles. The molecule has 1 amide bonds. The lowest BCUT2D eigenvalue weighted by molar-refractivity contribution is -0.122. The monoisotopic (exact) mass is 439 g/mol. The van der Waals surface area contributed by atoms with Crippen LogP contribution in [0.3, 0.4) is 0 Å². The van der Waals surface area contributed by atoms with E-state index in [1.54, 1.807) is 0 Å². The first-order valence-electron chi connectivity index (χ1n) is 11.6. The molecule has 3 aromatic rings. The van der Waals surface area contributed by atoms with E-state index in [1.807, 2.05) is 24.3 Å². The van der Waals surface area contributed by atoms with Crippen LogP contribution in [0.4, 0.5) is 0 Å². The van der Waals surface area contributed by atoms with Gasteiger partial charge in [-0.1, -0.05) is 92.7 Å². The van der Waals surface area contributed by atoms with Gasteiger partial charge in [-0.25, -0.2) is 0 Å². The third-order valence-corrected chi connectivity index (χ3v) is 5.85. The normalized spacial score (nSPS) is 12.7. The average Bonchev–Trinajstić information content (AvgIpc) is 2.85. The first kappa shape index (κ1) is 24.2. The van der Waals surface area contributed by atoms with Crippen LogP contribution in [0, 0.1) is 17.2 Å². The lowest BCUT2D eigenvalue weighted by atomic mass is 9.88. The summed E-state index contributed by atoms with van der Waals surface area (Å²) in [5, 5.41) is 15.1. The van der Waals surface area contributed by atoms with Crippen molar-refractivity contribution in [1.82, 2.24) is 10.6 Å². The Morgan fingerprint density at radius 1 is 0.879 bits per heavy atom. The Bertz CT molecular complexity index is 1070. The van der Waals surface area contributed by atoms with Crippen LogP contribution in [-0.2, 0) is 11.3 Å². The van der Waals surface area contributed by atoms with Gasteiger partial charge in [0, 0.05) is 12.6 Å². The molecule has 4 heteroatoms. The van der Waals surface area contributed by atoms with Gasteiger partial charge in [0.05, 0.1) is 12.0 Å². The van der Waals surface area contributed by atoms with E-state index >= 15 is 0 Å². The smallest absolute Gasteiger partial charge is 0.228 e. The van der Waals surface area contributed by atoms with Crippen LogP contribution < -0.4 is 10.6 Å². The van der Waals surface area contributed by atoms with Crippen molar-refractivity contribution < 1.29 is 4.79 Å². The van der Waals surface area contributed by atoms with Crippen LogP contribution >= 0.6 is 0 Å². The highest BCUT2D eigenvalue weighted by atomic mass is 16.1. The number of carbonyl (C=O) groups excluding carboxylic acids is 1. The molecule has 170 valence electrons. The molecule has 2 N–H and O–H groups in total. The summed E-state index contributed by atoms with van der Waals surface area (Å²) in [4.78, 5) is 12.7. The van der Waals surface area contributed by atoms with Crippen molar-refractivity contribution in [2.24, 2.45) is 5.92 Å². The number of amides is 1. The molecule has 0 fully saturated rings. The van der Waals surface area contributed by atoms with Gasteiger partial charge in [0.1, 0.15) is 6.54 Å². The summed E-state index contributed by atoms with van der Waals surface area (Å²) >= 11 is 0. The number of hydrogen-bond donors (Lipinski definition) is 2. The van der Waals surface area contributed by atoms with Crippen molar-refractivity contribution in [3.8, 4) is 17.2 Å². The number of rotatable bonds is 10. The predicted molar refractivity (Wildman–Crippen MR) is 134 cm³/mol. The van der Waals surface area contributed by atoms with E-state index in [0.29, 0.717) is 5.92 Å². The van der Waals surface area contributed by atoms with Crippen LogP contribution in [0.1, 0.15) is 55.8 Å². The van der Waals surface area contributed by atoms with Gasteiger partial charge in [0.25, 0.3) is 0 Å². The zero-order valence-electron chi connectivity index (χ0n) is 19.7. The second-order valence-electron chi connectivity index (χ2n) is 8.89. The zero-order valence-corrected chi connectivity index (χ0v) is 19.7. The van der Waals surface area contributed by atoms with E-state index in [-0.39, 0.29) is 24.4 Å². The SMILES string of the molecule is CC(C)C[C@@H](C(=O)NCC#N)c1cccc(-c2ccc(CNC(C)c3ccccc3)cc2)c1. The van der Waals surface area contributed by atoms with Crippen molar-refractivity contribution in [2.75, 3.05) is 6.54 Å². The molecular weight excluding hydrogens is 406 g/mol. The maximum atomic E-state index is 12.7. The molecule has 0 spiro atoms. The van der Waals surface area contributed by atoms with Crippen LogP contribution in [0.25, 0.3) is 11.1 Å². The molecule has 0 radical (unpaired) electrons. The summed E-state index contributed by atoms with van der Waals surface area (Å²) in [6.45, 7) is 7.23. The van der Waals surface area contributed by atoms with E-state index in [0.717, 1.165) is 29.7 Å². The van der Waals surface area contributed by atoms with Crippen molar-refractivity contribution >= 4 is 5.91 Å². The van der Waals surface area contributed by atoms with Crippen molar-refractivity contribution in [2.45, 2.75) is 45.7 Å². The van der Waals surface area contributed by atoms with Crippen LogP contribution in [0.15, 0.2) is 78.9 Å². The summed E-state index contributed by atoms with van der Waals surface area (Å²) in [6.07, 6.45) is 0.741. The number of benzene rings is 3. The number of nitrogens with zero attached hydrogens (tertiary/aromatic N) is 1. The molecule has 0 aliphatic carbocycles. The summed E-state index contributed by atoms with van der Waals surface area (Å²) in [7, 11) is 0. The highest BCUT2D eigenvalue weighted by molar-refractivity contribution is 5.84. The molecule has 33 heavy (non-hydrogen) atoms. The van der Waals surface area contributed by atoms with Crippen LogP contribution in [0.5, 0.6) is 0 Å². The number of carbonyl (C=O) groups is 1. The molecule has 0 aliphatic rings. The third-order valence-electron chi connectivity index (χ3n) is 5.85. The second-order valence-corrected chi connectivity index (χ2v) is 8.89. The Morgan fingerprint density at radius 2 is 1.58 bits per heavy atom. The van der Waals surface area contributed by atoms with Gasteiger partial charge in [-0.05, 0) is 47.1 Å². The fourth-order valence-corrected chi connectivity index (χ4v) is 4.00. The van der Waals surface area contributed by atoms with Gasteiger partial charge >= 0.3 is 0 Å². The minimum atomic E-state index is -0.263. The minimum Gasteiger partial charge on any atom is -0.342 e. The highest BCUT2D eigenvalue weighted by Gasteiger charge is 2.22. The largest absolute Gasteiger partial charge is 0.342 e. The van der Waals surface area contributed by atoms with E-state index < -0.39 is 0 Å². The number of hydrogen-bond acceptors (Lipinski definition) is 3. The molecule has 0 bridgehead atoms. The van der Waals surface area contributed by atoms with Crippen LogP contribution in [-0.4, -0.2) is 12.5 Å². The number of nitriles is 1. The van der Waals surface area contributed by atoms with Crippen molar-refractivity contribution in [3.63, 3.8) is 0 Å². The summed E-state index contributed by atoms with van der Waals surface area (Å²) in [5.41, 5.74) is 5.70. The molecule has 0 saturated heterocycles. The Morgan fingerprint density at radius 3 is 2.24 bits per heavy atom. The lowest BCUT2D eigenvalue weighted by Gasteiger charge is -2.19. The van der Waals surface area contributed by atoms with Gasteiger partial charge < -0.3 is 10.6 Å². The fourth-order valence-electron chi connectivity index (χ4n) is 4.00. The Hall–Kier alpha value is -3.42. The Balaban J connectivity index is 1.71. The molecule has 3 aromatic carbocycles. The summed E-state index contributed by atoms with van der Waals surface area (Å²) in [5.74, 6) is 0.0224. The fraction of sp³-hybridized carbons (Fsp3) is 0.310. The lowest BCUT2D eigenvalue weighted by Crippen LogP contribution is -2.30. The maximum Gasteiger partial charge on any atom is 0.228 e. The molecule has 3 rings (SSSR count).